The zero-order valence-corrected chi connectivity index (χ0v) is 13.8. The maximum absolute atomic E-state index is 12.6. The van der Waals surface area contributed by atoms with Crippen LogP contribution in [0.25, 0.3) is 0 Å². The van der Waals surface area contributed by atoms with E-state index in [0.717, 1.165) is 18.3 Å². The number of hydrogen-bond acceptors (Lipinski definition) is 3. The molecule has 5 rings (SSSR count). The molecule has 1 atom stereocenters. The number of rotatable bonds is 2. The van der Waals surface area contributed by atoms with Crippen LogP contribution < -0.4 is 10.6 Å². The fourth-order valence-corrected chi connectivity index (χ4v) is 5.68. The van der Waals surface area contributed by atoms with Crippen LogP contribution >= 0.6 is 0 Å². The van der Waals surface area contributed by atoms with Gasteiger partial charge in [0, 0.05) is 19.1 Å². The fraction of sp³-hybridized carbons (Fsp3) is 0.882. The third-order valence-electron chi connectivity index (χ3n) is 6.50. The number of likely N-dealkylation sites (tertiary alicyclic amines) is 1. The average molecular weight is 321 g/mol. The second-order valence-electron chi connectivity index (χ2n) is 7.97. The Bertz CT molecular complexity index is 467. The lowest BCUT2D eigenvalue weighted by Crippen LogP contribution is -2.57. The molecule has 2 N–H and O–H groups in total. The molecule has 3 amide bonds. The first kappa shape index (κ1) is 15.1. The Morgan fingerprint density at radius 3 is 2.26 bits per heavy atom. The summed E-state index contributed by atoms with van der Waals surface area (Å²) in [4.78, 5) is 25.7. The number of nitrogens with zero attached hydrogens (tertiary/aromatic N) is 1. The van der Waals surface area contributed by atoms with Crippen LogP contribution in [0.1, 0.15) is 38.5 Å². The molecular weight excluding hydrogens is 294 g/mol. The zero-order valence-electron chi connectivity index (χ0n) is 13.8. The van der Waals surface area contributed by atoms with Gasteiger partial charge in [0.25, 0.3) is 0 Å². The highest BCUT2D eigenvalue weighted by molar-refractivity contribution is 5.75. The smallest absolute Gasteiger partial charge is 0.407 e. The van der Waals surface area contributed by atoms with Gasteiger partial charge in [-0.15, -0.1) is 0 Å². The largest absolute Gasteiger partial charge is 0.453 e. The van der Waals surface area contributed by atoms with Crippen LogP contribution in [-0.2, 0) is 4.74 Å². The lowest BCUT2D eigenvalue weighted by atomic mass is 9.54. The number of ether oxygens (including phenoxy) is 1. The van der Waals surface area contributed by atoms with Crippen molar-refractivity contribution in [1.29, 1.82) is 0 Å². The van der Waals surface area contributed by atoms with Gasteiger partial charge in [-0.1, -0.05) is 0 Å². The molecule has 6 nitrogen and oxygen atoms in total. The highest BCUT2D eigenvalue weighted by Crippen LogP contribution is 2.53. The Labute approximate surface area is 137 Å². The van der Waals surface area contributed by atoms with E-state index in [-0.39, 0.29) is 12.1 Å². The maximum Gasteiger partial charge on any atom is 0.407 e. The van der Waals surface area contributed by atoms with Gasteiger partial charge in [0.2, 0.25) is 0 Å². The third-order valence-corrected chi connectivity index (χ3v) is 6.50. The van der Waals surface area contributed by atoms with Crippen molar-refractivity contribution in [1.82, 2.24) is 15.5 Å². The van der Waals surface area contributed by atoms with Crippen molar-refractivity contribution in [2.75, 3.05) is 20.2 Å². The minimum atomic E-state index is -0.418. The molecule has 1 saturated heterocycles. The third kappa shape index (κ3) is 2.88. The lowest BCUT2D eigenvalue weighted by Gasteiger charge is -2.54. The quantitative estimate of drug-likeness (QED) is 0.817. The van der Waals surface area contributed by atoms with E-state index in [1.165, 1.54) is 39.2 Å². The molecule has 0 aromatic heterocycles. The van der Waals surface area contributed by atoms with Gasteiger partial charge in [0.15, 0.2) is 0 Å². The van der Waals surface area contributed by atoms with E-state index < -0.39 is 6.09 Å². The first-order valence-corrected chi connectivity index (χ1v) is 9.02. The second-order valence-corrected chi connectivity index (χ2v) is 7.97. The first-order chi connectivity index (χ1) is 11.1. The summed E-state index contributed by atoms with van der Waals surface area (Å²) in [6.45, 7) is 1.28. The Balaban J connectivity index is 1.31. The van der Waals surface area contributed by atoms with Crippen molar-refractivity contribution < 1.29 is 14.3 Å². The molecule has 0 aromatic carbocycles. The highest BCUT2D eigenvalue weighted by atomic mass is 16.5. The topological polar surface area (TPSA) is 70.7 Å². The van der Waals surface area contributed by atoms with Crippen LogP contribution in [0.3, 0.4) is 0 Å². The van der Waals surface area contributed by atoms with E-state index in [2.05, 4.69) is 15.4 Å². The van der Waals surface area contributed by atoms with Crippen molar-refractivity contribution >= 4 is 12.1 Å². The molecule has 1 heterocycles. The Hall–Kier alpha value is -1.46. The monoisotopic (exact) mass is 321 g/mol. The molecule has 0 aromatic rings. The number of carbonyl (C=O) groups excluding carboxylic acids is 2. The van der Waals surface area contributed by atoms with E-state index >= 15 is 0 Å². The lowest BCUT2D eigenvalue weighted by molar-refractivity contribution is -0.0107. The number of alkyl carbamates (subject to hydrolysis) is 1. The molecule has 128 valence electrons. The molecule has 6 heteroatoms. The summed E-state index contributed by atoms with van der Waals surface area (Å²) in [5, 5.41) is 6.12. The van der Waals surface area contributed by atoms with Gasteiger partial charge in [0.1, 0.15) is 0 Å². The molecule has 4 saturated carbocycles. The highest BCUT2D eigenvalue weighted by Gasteiger charge is 2.49. The molecule has 0 spiro atoms. The molecule has 1 aliphatic heterocycles. The van der Waals surface area contributed by atoms with Gasteiger partial charge < -0.3 is 20.3 Å². The van der Waals surface area contributed by atoms with Crippen LogP contribution in [0.5, 0.6) is 0 Å². The van der Waals surface area contributed by atoms with E-state index in [4.69, 9.17) is 0 Å². The maximum atomic E-state index is 12.6. The van der Waals surface area contributed by atoms with Crippen molar-refractivity contribution in [2.45, 2.75) is 50.6 Å². The SMILES string of the molecule is COC(=O)NC1CCN(C(=O)NC2C3CC4CC(C3)CC2C4)C1. The molecule has 4 bridgehead atoms. The number of nitrogens with one attached hydrogen (secondary N) is 2. The predicted molar refractivity (Wildman–Crippen MR) is 84.9 cm³/mol. The number of methoxy groups -OCH3 is 1. The fourth-order valence-electron chi connectivity index (χ4n) is 5.68. The Morgan fingerprint density at radius 2 is 1.65 bits per heavy atom. The standard InChI is InChI=1S/C17H27N3O3/c1-23-17(22)18-14-2-3-20(9-14)16(21)19-15-12-5-10-4-11(7-12)8-13(15)6-10/h10-15H,2-9H2,1H3,(H,18,22)(H,19,21). The summed E-state index contributed by atoms with van der Waals surface area (Å²) < 4.78 is 4.62. The van der Waals surface area contributed by atoms with Crippen LogP contribution in [0.2, 0.25) is 0 Å². The zero-order chi connectivity index (χ0) is 16.0. The molecule has 5 fully saturated rings. The number of carbonyl (C=O) groups is 2. The predicted octanol–water partition coefficient (Wildman–Crippen LogP) is 1.95. The minimum Gasteiger partial charge on any atom is -0.453 e. The first-order valence-electron chi connectivity index (χ1n) is 9.02. The van der Waals surface area contributed by atoms with Crippen LogP contribution in [-0.4, -0.2) is 49.3 Å². The summed E-state index contributed by atoms with van der Waals surface area (Å²) >= 11 is 0. The summed E-state index contributed by atoms with van der Waals surface area (Å²) in [7, 11) is 1.36. The Kier molecular flexibility index (Phi) is 3.85. The van der Waals surface area contributed by atoms with Crippen molar-refractivity contribution in [3.63, 3.8) is 0 Å². The van der Waals surface area contributed by atoms with Gasteiger partial charge in [-0.25, -0.2) is 9.59 Å². The van der Waals surface area contributed by atoms with Gasteiger partial charge in [-0.3, -0.25) is 0 Å². The minimum absolute atomic E-state index is 0.00620. The van der Waals surface area contributed by atoms with E-state index in [9.17, 15) is 9.59 Å². The van der Waals surface area contributed by atoms with Crippen molar-refractivity contribution in [3.8, 4) is 0 Å². The van der Waals surface area contributed by atoms with Gasteiger partial charge in [0.05, 0.1) is 13.2 Å². The van der Waals surface area contributed by atoms with E-state index in [1.54, 1.807) is 0 Å². The molecule has 5 aliphatic rings. The summed E-state index contributed by atoms with van der Waals surface area (Å²) in [6.07, 6.45) is 7.05. The summed E-state index contributed by atoms with van der Waals surface area (Å²) in [6, 6.07) is 0.436. The molecule has 1 unspecified atom stereocenters. The normalized spacial score (nSPS) is 41.0. The van der Waals surface area contributed by atoms with Crippen LogP contribution in [0.4, 0.5) is 9.59 Å². The summed E-state index contributed by atoms with van der Waals surface area (Å²) in [5.74, 6) is 3.24. The molecule has 0 radical (unpaired) electrons. The van der Waals surface area contributed by atoms with Gasteiger partial charge >= 0.3 is 12.1 Å². The van der Waals surface area contributed by atoms with E-state index in [0.29, 0.717) is 31.0 Å². The van der Waals surface area contributed by atoms with Crippen molar-refractivity contribution in [2.24, 2.45) is 23.7 Å². The van der Waals surface area contributed by atoms with Gasteiger partial charge in [-0.2, -0.15) is 0 Å². The van der Waals surface area contributed by atoms with Crippen molar-refractivity contribution in [3.05, 3.63) is 0 Å². The second kappa shape index (κ2) is 5.87. The molecule has 23 heavy (non-hydrogen) atoms. The number of amides is 3. The Morgan fingerprint density at radius 1 is 1.00 bits per heavy atom. The van der Waals surface area contributed by atoms with Crippen LogP contribution in [0.15, 0.2) is 0 Å². The molecule has 4 aliphatic carbocycles. The van der Waals surface area contributed by atoms with E-state index in [1.807, 2.05) is 4.90 Å². The van der Waals surface area contributed by atoms with Gasteiger partial charge in [-0.05, 0) is 62.2 Å². The number of hydrogen-bond donors (Lipinski definition) is 2. The molecular formula is C17H27N3O3. The average Bonchev–Trinajstić information content (AvgIpc) is 2.98. The number of urea groups is 1. The van der Waals surface area contributed by atoms with Crippen LogP contribution in [0, 0.1) is 23.7 Å². The summed E-state index contributed by atoms with van der Waals surface area (Å²) in [5.41, 5.74) is 0.